The van der Waals surface area contributed by atoms with Crippen molar-refractivity contribution in [2.24, 2.45) is 22.7 Å². The maximum atomic E-state index is 3.83. The summed E-state index contributed by atoms with van der Waals surface area (Å²) >= 11 is 0. The van der Waals surface area contributed by atoms with E-state index in [1.54, 1.807) is 0 Å². The van der Waals surface area contributed by atoms with E-state index in [1.165, 1.54) is 12.8 Å². The second-order valence-corrected chi connectivity index (χ2v) is 7.32. The van der Waals surface area contributed by atoms with Gasteiger partial charge in [-0.25, -0.2) is 0 Å². The topological polar surface area (TPSA) is 0 Å². The third-order valence-corrected chi connectivity index (χ3v) is 3.97. The zero-order chi connectivity index (χ0) is 13.0. The van der Waals surface area contributed by atoms with Gasteiger partial charge < -0.3 is 0 Å². The van der Waals surface area contributed by atoms with E-state index in [0.29, 0.717) is 10.8 Å². The number of hydrogen-bond acceptors (Lipinski definition) is 0. The molecule has 0 rings (SSSR count). The van der Waals surface area contributed by atoms with Crippen LogP contribution in [-0.2, 0) is 0 Å². The van der Waals surface area contributed by atoms with E-state index in [2.05, 4.69) is 55.0 Å². The molecule has 0 aliphatic rings. The number of hydrogen-bond donors (Lipinski definition) is 0. The minimum atomic E-state index is 0.441. The Bertz CT molecular complexity index is 208. The second kappa shape index (κ2) is 5.89. The van der Waals surface area contributed by atoms with Gasteiger partial charge in [-0.3, -0.25) is 0 Å². The van der Waals surface area contributed by atoms with Crippen LogP contribution in [0.3, 0.4) is 0 Å². The van der Waals surface area contributed by atoms with Crippen molar-refractivity contribution in [1.29, 1.82) is 0 Å². The molecule has 0 radical (unpaired) electrons. The van der Waals surface area contributed by atoms with Crippen LogP contribution in [0.25, 0.3) is 0 Å². The Morgan fingerprint density at radius 2 is 1.56 bits per heavy atom. The quantitative estimate of drug-likeness (QED) is 0.487. The lowest BCUT2D eigenvalue weighted by Gasteiger charge is -2.39. The fourth-order valence-electron chi connectivity index (χ4n) is 2.82. The monoisotopic (exact) mass is 224 g/mol. The van der Waals surface area contributed by atoms with E-state index in [4.69, 9.17) is 0 Å². The molecule has 0 aliphatic carbocycles. The lowest BCUT2D eigenvalue weighted by molar-refractivity contribution is 0.119. The minimum Gasteiger partial charge on any atom is -0.103 e. The highest BCUT2D eigenvalue weighted by Gasteiger charge is 2.31. The van der Waals surface area contributed by atoms with Gasteiger partial charge in [0.05, 0.1) is 0 Å². The highest BCUT2D eigenvalue weighted by Crippen LogP contribution is 2.42. The predicted octanol–water partition coefficient (Wildman–Crippen LogP) is 5.69. The fraction of sp³-hybridized carbons (Fsp3) is 0.875. The first-order valence-electron chi connectivity index (χ1n) is 6.71. The molecule has 0 spiro atoms. The van der Waals surface area contributed by atoms with E-state index in [0.717, 1.165) is 18.3 Å². The van der Waals surface area contributed by atoms with Gasteiger partial charge in [0.1, 0.15) is 0 Å². The zero-order valence-electron chi connectivity index (χ0n) is 12.6. The van der Waals surface area contributed by atoms with E-state index in [1.807, 2.05) is 6.08 Å². The molecule has 0 aliphatic heterocycles. The lowest BCUT2D eigenvalue weighted by Crippen LogP contribution is -2.28. The third-order valence-electron chi connectivity index (χ3n) is 3.97. The van der Waals surface area contributed by atoms with Crippen LogP contribution in [0.5, 0.6) is 0 Å². The molecule has 0 N–H and O–H groups in total. The van der Waals surface area contributed by atoms with Gasteiger partial charge in [-0.15, -0.1) is 6.58 Å². The maximum Gasteiger partial charge on any atom is -0.0326 e. The molecule has 0 amide bonds. The minimum absolute atomic E-state index is 0.441. The van der Waals surface area contributed by atoms with Crippen LogP contribution < -0.4 is 0 Å². The van der Waals surface area contributed by atoms with Crippen molar-refractivity contribution in [2.75, 3.05) is 0 Å². The zero-order valence-corrected chi connectivity index (χ0v) is 12.6. The molecule has 1 atom stereocenters. The number of allylic oxidation sites excluding steroid dienone is 1. The highest BCUT2D eigenvalue weighted by molar-refractivity contribution is 4.84. The van der Waals surface area contributed by atoms with Gasteiger partial charge in [0, 0.05) is 0 Å². The Morgan fingerprint density at radius 3 is 1.94 bits per heavy atom. The van der Waals surface area contributed by atoms with Crippen molar-refractivity contribution >= 4 is 0 Å². The standard InChI is InChI=1S/C16H32/c1-9-10-14(4)11-15(5,6)12-16(7,8)13(2)3/h9,13-14H,1,10-12H2,2-8H3. The first-order valence-corrected chi connectivity index (χ1v) is 6.71. The van der Waals surface area contributed by atoms with E-state index in [-0.39, 0.29) is 0 Å². The Balaban J connectivity index is 4.39. The van der Waals surface area contributed by atoms with E-state index in [9.17, 15) is 0 Å². The van der Waals surface area contributed by atoms with Crippen molar-refractivity contribution in [3.05, 3.63) is 12.7 Å². The van der Waals surface area contributed by atoms with Gasteiger partial charge in [-0.1, -0.05) is 54.5 Å². The average Bonchev–Trinajstić information content (AvgIpc) is 1.99. The van der Waals surface area contributed by atoms with Crippen LogP contribution in [0, 0.1) is 22.7 Å². The summed E-state index contributed by atoms with van der Waals surface area (Å²) in [5.41, 5.74) is 0.883. The summed E-state index contributed by atoms with van der Waals surface area (Å²) in [6, 6.07) is 0. The summed E-state index contributed by atoms with van der Waals surface area (Å²) in [7, 11) is 0. The van der Waals surface area contributed by atoms with Crippen molar-refractivity contribution in [2.45, 2.75) is 67.7 Å². The molecule has 96 valence electrons. The van der Waals surface area contributed by atoms with E-state index >= 15 is 0 Å². The molecule has 0 aromatic rings. The summed E-state index contributed by atoms with van der Waals surface area (Å²) in [5.74, 6) is 1.51. The van der Waals surface area contributed by atoms with Gasteiger partial charge in [0.25, 0.3) is 0 Å². The first-order chi connectivity index (χ1) is 7.10. The Kier molecular flexibility index (Phi) is 5.79. The lowest BCUT2D eigenvalue weighted by atomic mass is 9.67. The Hall–Kier alpha value is -0.260. The van der Waals surface area contributed by atoms with Gasteiger partial charge in [0.2, 0.25) is 0 Å². The molecule has 0 nitrogen and oxygen atoms in total. The van der Waals surface area contributed by atoms with Crippen LogP contribution in [0.2, 0.25) is 0 Å². The predicted molar refractivity (Wildman–Crippen MR) is 75.6 cm³/mol. The molecule has 0 aromatic heterocycles. The highest BCUT2D eigenvalue weighted by atomic mass is 14.4. The molecule has 0 aromatic carbocycles. The van der Waals surface area contributed by atoms with Crippen molar-refractivity contribution in [1.82, 2.24) is 0 Å². The molecule has 1 unspecified atom stereocenters. The van der Waals surface area contributed by atoms with Gasteiger partial charge in [-0.05, 0) is 41.9 Å². The average molecular weight is 224 g/mol. The summed E-state index contributed by atoms with van der Waals surface area (Å²) < 4.78 is 0. The van der Waals surface area contributed by atoms with Gasteiger partial charge >= 0.3 is 0 Å². The molecule has 0 fully saturated rings. The molecule has 0 heteroatoms. The van der Waals surface area contributed by atoms with Crippen LogP contribution in [0.1, 0.15) is 67.7 Å². The largest absolute Gasteiger partial charge is 0.103 e. The number of rotatable bonds is 7. The molecule has 16 heavy (non-hydrogen) atoms. The summed E-state index contributed by atoms with van der Waals surface area (Å²) in [6.07, 6.45) is 5.80. The van der Waals surface area contributed by atoms with Crippen molar-refractivity contribution in [3.63, 3.8) is 0 Å². The molecule has 0 saturated heterocycles. The molecule has 0 saturated carbocycles. The molecule has 0 heterocycles. The van der Waals surface area contributed by atoms with Crippen molar-refractivity contribution in [3.8, 4) is 0 Å². The third kappa shape index (κ3) is 5.72. The van der Waals surface area contributed by atoms with Crippen LogP contribution >= 0.6 is 0 Å². The second-order valence-electron chi connectivity index (χ2n) is 7.32. The van der Waals surface area contributed by atoms with Gasteiger partial charge in [0.15, 0.2) is 0 Å². The SMILES string of the molecule is C=CCC(C)CC(C)(C)CC(C)(C)C(C)C. The fourth-order valence-corrected chi connectivity index (χ4v) is 2.82. The summed E-state index contributed by atoms with van der Waals surface area (Å²) in [4.78, 5) is 0. The first kappa shape index (κ1) is 15.7. The van der Waals surface area contributed by atoms with Crippen molar-refractivity contribution < 1.29 is 0 Å². The van der Waals surface area contributed by atoms with Gasteiger partial charge in [-0.2, -0.15) is 0 Å². The Labute approximate surface area is 104 Å². The smallest absolute Gasteiger partial charge is 0.0326 e. The molecular weight excluding hydrogens is 192 g/mol. The van der Waals surface area contributed by atoms with E-state index < -0.39 is 0 Å². The normalized spacial score (nSPS) is 15.2. The van der Waals surface area contributed by atoms with Crippen LogP contribution in [-0.4, -0.2) is 0 Å². The summed E-state index contributed by atoms with van der Waals surface area (Å²) in [5, 5.41) is 0. The van der Waals surface area contributed by atoms with Crippen LogP contribution in [0.15, 0.2) is 12.7 Å². The Morgan fingerprint density at radius 1 is 1.06 bits per heavy atom. The molecular formula is C16H32. The molecule has 0 bridgehead atoms. The van der Waals surface area contributed by atoms with Crippen LogP contribution in [0.4, 0.5) is 0 Å². The summed E-state index contributed by atoms with van der Waals surface area (Å²) in [6.45, 7) is 20.5. The maximum absolute atomic E-state index is 3.83.